The van der Waals surface area contributed by atoms with Gasteiger partial charge in [0.15, 0.2) is 0 Å². The number of fused-ring (bicyclic) bond motifs is 1. The lowest BCUT2D eigenvalue weighted by Gasteiger charge is -2.10. The summed E-state index contributed by atoms with van der Waals surface area (Å²) in [5.41, 5.74) is 7.54. The van der Waals surface area contributed by atoms with Crippen LogP contribution in [0.1, 0.15) is 42.5 Å². The highest BCUT2D eigenvalue weighted by molar-refractivity contribution is 5.68. The van der Waals surface area contributed by atoms with Crippen LogP contribution in [-0.2, 0) is 6.42 Å². The first-order valence-corrected chi connectivity index (χ1v) is 5.93. The van der Waals surface area contributed by atoms with Crippen LogP contribution in [0.15, 0.2) is 17.7 Å². The van der Waals surface area contributed by atoms with Crippen molar-refractivity contribution in [3.05, 3.63) is 40.0 Å². The zero-order chi connectivity index (χ0) is 11.0. The normalized spacial score (nSPS) is 16.1. The van der Waals surface area contributed by atoms with Gasteiger partial charge in [-0.2, -0.15) is 0 Å². The van der Waals surface area contributed by atoms with Crippen molar-refractivity contribution >= 4 is 6.08 Å². The van der Waals surface area contributed by atoms with E-state index in [0.717, 1.165) is 5.92 Å². The largest absolute Gasteiger partial charge is 0.0648 e. The molecular weight excluding hydrogens is 180 g/mol. The molecule has 0 radical (unpaired) electrons. The van der Waals surface area contributed by atoms with Gasteiger partial charge in [0.05, 0.1) is 0 Å². The summed E-state index contributed by atoms with van der Waals surface area (Å²) in [5.74, 6) is 0.733. The van der Waals surface area contributed by atoms with E-state index < -0.39 is 0 Å². The van der Waals surface area contributed by atoms with E-state index in [4.69, 9.17) is 0 Å². The van der Waals surface area contributed by atoms with Crippen LogP contribution in [-0.4, -0.2) is 0 Å². The lowest BCUT2D eigenvalue weighted by Crippen LogP contribution is -1.98. The molecule has 80 valence electrons. The maximum atomic E-state index is 2.42. The van der Waals surface area contributed by atoms with Gasteiger partial charge in [0.2, 0.25) is 0 Å². The third-order valence-corrected chi connectivity index (χ3v) is 3.77. The summed E-state index contributed by atoms with van der Waals surface area (Å²) in [7, 11) is 0. The number of aryl methyl sites for hydroxylation is 2. The van der Waals surface area contributed by atoms with E-state index in [1.807, 2.05) is 0 Å². The first-order chi connectivity index (χ1) is 7.13. The lowest BCUT2D eigenvalue weighted by molar-refractivity contribution is 0.647. The SMILES string of the molecule is CCC(C)C1=Cc2c(C)ccc(C)c2C1. The summed E-state index contributed by atoms with van der Waals surface area (Å²) in [4.78, 5) is 0. The van der Waals surface area contributed by atoms with Gasteiger partial charge in [-0.3, -0.25) is 0 Å². The Kier molecular flexibility index (Phi) is 2.68. The van der Waals surface area contributed by atoms with E-state index >= 15 is 0 Å². The van der Waals surface area contributed by atoms with Gasteiger partial charge < -0.3 is 0 Å². The molecule has 0 heteroatoms. The minimum absolute atomic E-state index is 0.733. The maximum absolute atomic E-state index is 2.42. The van der Waals surface area contributed by atoms with Gasteiger partial charge in [-0.1, -0.05) is 37.6 Å². The zero-order valence-electron chi connectivity index (χ0n) is 10.2. The fraction of sp³-hybridized carbons (Fsp3) is 0.467. The summed E-state index contributed by atoms with van der Waals surface area (Å²) >= 11 is 0. The molecule has 1 aromatic rings. The lowest BCUT2D eigenvalue weighted by atomic mass is 9.95. The molecule has 1 aliphatic carbocycles. The van der Waals surface area contributed by atoms with E-state index in [2.05, 4.69) is 45.9 Å². The van der Waals surface area contributed by atoms with E-state index in [-0.39, 0.29) is 0 Å². The van der Waals surface area contributed by atoms with Crippen molar-refractivity contribution in [2.75, 3.05) is 0 Å². The van der Waals surface area contributed by atoms with Crippen molar-refractivity contribution in [3.63, 3.8) is 0 Å². The van der Waals surface area contributed by atoms with Gasteiger partial charge in [0, 0.05) is 0 Å². The van der Waals surface area contributed by atoms with Crippen LogP contribution in [0.4, 0.5) is 0 Å². The summed E-state index contributed by atoms with van der Waals surface area (Å²) < 4.78 is 0. The highest BCUT2D eigenvalue weighted by atomic mass is 14.2. The molecule has 0 saturated carbocycles. The fourth-order valence-electron chi connectivity index (χ4n) is 2.35. The number of hydrogen-bond donors (Lipinski definition) is 0. The number of rotatable bonds is 2. The van der Waals surface area contributed by atoms with Gasteiger partial charge >= 0.3 is 0 Å². The topological polar surface area (TPSA) is 0 Å². The summed E-state index contributed by atoms with van der Waals surface area (Å²) in [6, 6.07) is 4.49. The first-order valence-electron chi connectivity index (χ1n) is 5.93. The predicted molar refractivity (Wildman–Crippen MR) is 67.1 cm³/mol. The van der Waals surface area contributed by atoms with Crippen LogP contribution in [0.3, 0.4) is 0 Å². The Hall–Kier alpha value is -1.04. The number of benzene rings is 1. The minimum Gasteiger partial charge on any atom is -0.0648 e. The zero-order valence-corrected chi connectivity index (χ0v) is 10.2. The van der Waals surface area contributed by atoms with Gasteiger partial charge in [-0.05, 0) is 54.9 Å². The smallest absolute Gasteiger partial charge is 0.00524 e. The van der Waals surface area contributed by atoms with Crippen LogP contribution in [0, 0.1) is 19.8 Å². The fourth-order valence-corrected chi connectivity index (χ4v) is 2.35. The molecule has 0 aliphatic heterocycles. The second-order valence-corrected chi connectivity index (χ2v) is 4.80. The molecule has 15 heavy (non-hydrogen) atoms. The molecular formula is C15H20. The quantitative estimate of drug-likeness (QED) is 0.668. The Bertz CT molecular complexity index is 410. The molecule has 0 spiro atoms. The predicted octanol–water partition coefficient (Wildman–Crippen LogP) is 4.29. The highest BCUT2D eigenvalue weighted by Crippen LogP contribution is 2.34. The van der Waals surface area contributed by atoms with E-state index in [1.54, 1.807) is 11.1 Å². The Balaban J connectivity index is 2.41. The third-order valence-electron chi connectivity index (χ3n) is 3.77. The monoisotopic (exact) mass is 200 g/mol. The highest BCUT2D eigenvalue weighted by Gasteiger charge is 2.19. The van der Waals surface area contributed by atoms with Crippen LogP contribution >= 0.6 is 0 Å². The molecule has 1 atom stereocenters. The van der Waals surface area contributed by atoms with Gasteiger partial charge in [-0.25, -0.2) is 0 Å². The van der Waals surface area contributed by atoms with Crippen LogP contribution in [0.5, 0.6) is 0 Å². The van der Waals surface area contributed by atoms with Gasteiger partial charge in [-0.15, -0.1) is 0 Å². The molecule has 1 aromatic carbocycles. The second kappa shape index (κ2) is 3.84. The average Bonchev–Trinajstić information content (AvgIpc) is 2.68. The van der Waals surface area contributed by atoms with Crippen LogP contribution in [0.25, 0.3) is 6.08 Å². The van der Waals surface area contributed by atoms with E-state index in [0.29, 0.717) is 0 Å². The van der Waals surface area contributed by atoms with Crippen molar-refractivity contribution < 1.29 is 0 Å². The molecule has 0 saturated heterocycles. The molecule has 0 N–H and O–H groups in total. The summed E-state index contributed by atoms with van der Waals surface area (Å²) in [6.45, 7) is 9.05. The first kappa shape index (κ1) is 10.5. The van der Waals surface area contributed by atoms with Crippen molar-refractivity contribution in [2.24, 2.45) is 5.92 Å². The van der Waals surface area contributed by atoms with Gasteiger partial charge in [0.1, 0.15) is 0 Å². The summed E-state index contributed by atoms with van der Waals surface area (Å²) in [5, 5.41) is 0. The Morgan fingerprint density at radius 1 is 1.20 bits per heavy atom. The second-order valence-electron chi connectivity index (χ2n) is 4.80. The standard InChI is InChI=1S/C15H20/c1-5-10(2)13-8-14-11(3)6-7-12(4)15(14)9-13/h6-8,10H,5,9H2,1-4H3. The molecule has 0 heterocycles. The van der Waals surface area contributed by atoms with Crippen molar-refractivity contribution in [3.8, 4) is 0 Å². The molecule has 0 aromatic heterocycles. The summed E-state index contributed by atoms with van der Waals surface area (Å²) in [6.07, 6.45) is 4.85. The van der Waals surface area contributed by atoms with Crippen LogP contribution < -0.4 is 0 Å². The third kappa shape index (κ3) is 1.73. The van der Waals surface area contributed by atoms with Crippen molar-refractivity contribution in [2.45, 2.75) is 40.5 Å². The number of allylic oxidation sites excluding steroid dienone is 1. The van der Waals surface area contributed by atoms with Crippen molar-refractivity contribution in [1.29, 1.82) is 0 Å². The molecule has 0 fully saturated rings. The van der Waals surface area contributed by atoms with E-state index in [9.17, 15) is 0 Å². The minimum atomic E-state index is 0.733. The molecule has 0 bridgehead atoms. The maximum Gasteiger partial charge on any atom is -0.00524 e. The average molecular weight is 200 g/mol. The Morgan fingerprint density at radius 3 is 2.47 bits per heavy atom. The molecule has 0 nitrogen and oxygen atoms in total. The number of hydrogen-bond acceptors (Lipinski definition) is 0. The van der Waals surface area contributed by atoms with Crippen molar-refractivity contribution in [1.82, 2.24) is 0 Å². The van der Waals surface area contributed by atoms with Crippen LogP contribution in [0.2, 0.25) is 0 Å². The van der Waals surface area contributed by atoms with Gasteiger partial charge in [0.25, 0.3) is 0 Å². The molecule has 2 rings (SSSR count). The molecule has 1 unspecified atom stereocenters. The molecule has 1 aliphatic rings. The Morgan fingerprint density at radius 2 is 1.87 bits per heavy atom. The molecule has 0 amide bonds. The van der Waals surface area contributed by atoms with E-state index in [1.165, 1.54) is 29.5 Å². The Labute approximate surface area is 93.0 Å².